The van der Waals surface area contributed by atoms with Crippen LogP contribution in [0.25, 0.3) is 27.6 Å². The summed E-state index contributed by atoms with van der Waals surface area (Å²) in [6, 6.07) is 15.9. The van der Waals surface area contributed by atoms with E-state index in [9.17, 15) is 9.59 Å². The number of hydrogen-bond donors (Lipinski definition) is 0. The van der Waals surface area contributed by atoms with E-state index in [0.717, 1.165) is 5.56 Å². The van der Waals surface area contributed by atoms with Crippen molar-refractivity contribution in [1.82, 2.24) is 4.57 Å². The molecule has 0 atom stereocenters. The first-order valence-corrected chi connectivity index (χ1v) is 11.1. The van der Waals surface area contributed by atoms with Gasteiger partial charge in [0, 0.05) is 22.0 Å². The highest BCUT2D eigenvalue weighted by Gasteiger charge is 2.27. The molecule has 0 N–H and O–H groups in total. The minimum absolute atomic E-state index is 0.0568. The second-order valence-electron chi connectivity index (χ2n) is 7.97. The highest BCUT2D eigenvalue weighted by atomic mass is 16.5. The molecule has 0 bridgehead atoms. The Bertz CT molecular complexity index is 1480. The van der Waals surface area contributed by atoms with Crippen LogP contribution < -0.4 is 24.5 Å². The zero-order chi connectivity index (χ0) is 26.0. The molecule has 0 aliphatic carbocycles. The van der Waals surface area contributed by atoms with Gasteiger partial charge in [-0.1, -0.05) is 18.2 Å². The van der Waals surface area contributed by atoms with Gasteiger partial charge in [0.2, 0.25) is 5.75 Å². The number of esters is 1. The van der Waals surface area contributed by atoms with Gasteiger partial charge in [-0.05, 0) is 54.4 Å². The zero-order valence-electron chi connectivity index (χ0n) is 21.0. The number of carbonyl (C=O) groups is 1. The van der Waals surface area contributed by atoms with Gasteiger partial charge in [-0.25, -0.2) is 4.79 Å². The minimum Gasteiger partial charge on any atom is -0.496 e. The fourth-order valence-corrected chi connectivity index (χ4v) is 4.38. The molecule has 4 aromatic rings. The molecule has 3 aromatic carbocycles. The van der Waals surface area contributed by atoms with E-state index < -0.39 is 5.97 Å². The van der Waals surface area contributed by atoms with Crippen LogP contribution in [0, 0.1) is 6.92 Å². The molecule has 8 nitrogen and oxygen atoms in total. The number of hydrogen-bond acceptors (Lipinski definition) is 7. The van der Waals surface area contributed by atoms with Crippen molar-refractivity contribution in [3.63, 3.8) is 0 Å². The lowest BCUT2D eigenvalue weighted by atomic mass is 9.94. The van der Waals surface area contributed by atoms with E-state index in [0.29, 0.717) is 50.6 Å². The first kappa shape index (κ1) is 24.7. The Hall–Kier alpha value is -4.46. The van der Waals surface area contributed by atoms with Crippen molar-refractivity contribution in [2.75, 3.05) is 35.5 Å². The molecular weight excluding hydrogens is 462 g/mol. The van der Waals surface area contributed by atoms with Crippen molar-refractivity contribution in [3.05, 3.63) is 76.2 Å². The second kappa shape index (κ2) is 10.0. The van der Waals surface area contributed by atoms with Crippen molar-refractivity contribution >= 4 is 16.7 Å². The van der Waals surface area contributed by atoms with E-state index in [1.165, 1.54) is 33.0 Å². The van der Waals surface area contributed by atoms with E-state index in [4.69, 9.17) is 23.7 Å². The van der Waals surface area contributed by atoms with Gasteiger partial charge in [0.15, 0.2) is 11.5 Å². The van der Waals surface area contributed by atoms with Crippen LogP contribution in [0.2, 0.25) is 0 Å². The smallest absolute Gasteiger partial charge is 0.355 e. The molecule has 0 amide bonds. The number of aryl methyl sites for hydroxylation is 1. The third-order valence-electron chi connectivity index (χ3n) is 6.04. The number of pyridine rings is 1. The molecule has 0 fully saturated rings. The van der Waals surface area contributed by atoms with Crippen molar-refractivity contribution in [2.24, 2.45) is 0 Å². The number of aromatic nitrogens is 1. The Kier molecular flexibility index (Phi) is 6.87. The number of para-hydroxylation sites is 1. The molecule has 186 valence electrons. The number of ether oxygens (including phenoxy) is 5. The summed E-state index contributed by atoms with van der Waals surface area (Å²) in [7, 11) is 7.37. The van der Waals surface area contributed by atoms with Crippen LogP contribution in [-0.2, 0) is 4.74 Å². The number of nitrogens with zero attached hydrogens (tertiary/aromatic N) is 1. The molecule has 0 unspecified atom stereocenters. The number of rotatable bonds is 7. The van der Waals surface area contributed by atoms with E-state index in [1.54, 1.807) is 55.6 Å². The van der Waals surface area contributed by atoms with Gasteiger partial charge in [0.1, 0.15) is 11.4 Å². The fourth-order valence-electron chi connectivity index (χ4n) is 4.38. The molecule has 1 aromatic heterocycles. The van der Waals surface area contributed by atoms with Crippen molar-refractivity contribution in [2.45, 2.75) is 6.92 Å². The average Bonchev–Trinajstić information content (AvgIpc) is 2.91. The molecule has 0 radical (unpaired) electrons. The van der Waals surface area contributed by atoms with E-state index in [2.05, 4.69) is 0 Å². The predicted octanol–water partition coefficient (Wildman–Crippen LogP) is 4.79. The van der Waals surface area contributed by atoms with E-state index >= 15 is 0 Å². The SMILES string of the molecule is COC(=O)c1c(-c2cc(OC)c(OC)c(OC)c2)c2cc(OC)c(C)cc2c(=O)n1-c1ccccc1. The van der Waals surface area contributed by atoms with Gasteiger partial charge in [-0.15, -0.1) is 0 Å². The topological polar surface area (TPSA) is 85.2 Å². The Morgan fingerprint density at radius 1 is 0.750 bits per heavy atom. The van der Waals surface area contributed by atoms with E-state index in [-0.39, 0.29) is 11.3 Å². The Labute approximate surface area is 208 Å². The minimum atomic E-state index is -0.679. The van der Waals surface area contributed by atoms with Crippen LogP contribution in [0.1, 0.15) is 16.1 Å². The van der Waals surface area contributed by atoms with Crippen molar-refractivity contribution in [1.29, 1.82) is 0 Å². The van der Waals surface area contributed by atoms with Crippen LogP contribution in [0.3, 0.4) is 0 Å². The Balaban J connectivity index is 2.29. The maximum absolute atomic E-state index is 13.9. The third kappa shape index (κ3) is 4.00. The van der Waals surface area contributed by atoms with E-state index in [1.807, 2.05) is 13.0 Å². The maximum Gasteiger partial charge on any atom is 0.355 e. The van der Waals surface area contributed by atoms with Gasteiger partial charge in [-0.3, -0.25) is 9.36 Å². The first-order valence-electron chi connectivity index (χ1n) is 11.1. The Morgan fingerprint density at radius 3 is 1.89 bits per heavy atom. The summed E-state index contributed by atoms with van der Waals surface area (Å²) in [6.07, 6.45) is 0. The lowest BCUT2D eigenvalue weighted by Gasteiger charge is -2.21. The predicted molar refractivity (Wildman–Crippen MR) is 137 cm³/mol. The quantitative estimate of drug-likeness (QED) is 0.345. The molecule has 0 aliphatic rings. The molecule has 8 heteroatoms. The zero-order valence-corrected chi connectivity index (χ0v) is 21.0. The van der Waals surface area contributed by atoms with Crippen molar-refractivity contribution < 1.29 is 28.5 Å². The van der Waals surface area contributed by atoms with Gasteiger partial charge in [0.05, 0.1) is 35.5 Å². The Morgan fingerprint density at radius 2 is 1.36 bits per heavy atom. The molecule has 0 spiro atoms. The molecule has 1 heterocycles. The van der Waals surface area contributed by atoms with Crippen LogP contribution in [0.15, 0.2) is 59.4 Å². The summed E-state index contributed by atoms with van der Waals surface area (Å²) in [5.41, 5.74) is 2.01. The highest BCUT2D eigenvalue weighted by molar-refractivity contribution is 6.08. The first-order chi connectivity index (χ1) is 17.4. The summed E-state index contributed by atoms with van der Waals surface area (Å²) in [5.74, 6) is 1.09. The molecule has 0 aliphatic heterocycles. The molecule has 36 heavy (non-hydrogen) atoms. The normalized spacial score (nSPS) is 10.7. The monoisotopic (exact) mass is 489 g/mol. The van der Waals surface area contributed by atoms with Crippen LogP contribution in [0.5, 0.6) is 23.0 Å². The average molecular weight is 490 g/mol. The van der Waals surface area contributed by atoms with Crippen molar-refractivity contribution in [3.8, 4) is 39.8 Å². The number of fused-ring (bicyclic) bond motifs is 1. The summed E-state index contributed by atoms with van der Waals surface area (Å²) < 4.78 is 28.7. The van der Waals surface area contributed by atoms with Gasteiger partial charge in [-0.2, -0.15) is 0 Å². The fraction of sp³-hybridized carbons (Fsp3) is 0.214. The van der Waals surface area contributed by atoms with Gasteiger partial charge < -0.3 is 23.7 Å². The number of methoxy groups -OCH3 is 5. The summed E-state index contributed by atoms with van der Waals surface area (Å²) >= 11 is 0. The molecule has 0 saturated carbocycles. The van der Waals surface area contributed by atoms with Gasteiger partial charge in [0.25, 0.3) is 5.56 Å². The van der Waals surface area contributed by atoms with Gasteiger partial charge >= 0.3 is 5.97 Å². The third-order valence-corrected chi connectivity index (χ3v) is 6.04. The van der Waals surface area contributed by atoms with Crippen LogP contribution >= 0.6 is 0 Å². The maximum atomic E-state index is 13.9. The summed E-state index contributed by atoms with van der Waals surface area (Å²) in [4.78, 5) is 27.2. The number of carbonyl (C=O) groups excluding carboxylic acids is 1. The summed E-state index contributed by atoms with van der Waals surface area (Å²) in [6.45, 7) is 1.86. The molecule has 0 saturated heterocycles. The summed E-state index contributed by atoms with van der Waals surface area (Å²) in [5, 5.41) is 0.929. The largest absolute Gasteiger partial charge is 0.496 e. The number of benzene rings is 3. The molecular formula is C28H27NO7. The molecule has 4 rings (SSSR count). The highest BCUT2D eigenvalue weighted by Crippen LogP contribution is 2.44. The van der Waals surface area contributed by atoms with Crippen LogP contribution in [-0.4, -0.2) is 46.1 Å². The standard InChI is InChI=1S/C28H27NO7/c1-16-12-20-19(15-21(16)32-2)24(17-13-22(33-3)26(35-5)23(14-17)34-4)25(28(31)36-6)29(27(20)30)18-10-8-7-9-11-18/h7-15H,1-6H3. The lowest BCUT2D eigenvalue weighted by molar-refractivity contribution is 0.0591. The lowest BCUT2D eigenvalue weighted by Crippen LogP contribution is -2.27. The second-order valence-corrected chi connectivity index (χ2v) is 7.97. The van der Waals surface area contributed by atoms with Crippen LogP contribution in [0.4, 0.5) is 0 Å².